The molecule has 0 saturated carbocycles. The van der Waals surface area contributed by atoms with E-state index in [2.05, 4.69) is 159 Å². The highest BCUT2D eigenvalue weighted by atomic mass is 28.2. The molecule has 0 spiro atoms. The first-order valence-electron chi connectivity index (χ1n) is 16.2. The van der Waals surface area contributed by atoms with Crippen molar-refractivity contribution in [1.82, 2.24) is 15.1 Å². The lowest BCUT2D eigenvalue weighted by atomic mass is 9.88. The lowest BCUT2D eigenvalue weighted by Crippen LogP contribution is -2.64. The molecular weight excluding hydrogens is 571 g/mol. The molecule has 1 amide bonds. The molecule has 0 bridgehead atoms. The maximum absolute atomic E-state index is 14.0. The Balaban J connectivity index is 1.41. The third-order valence-electron chi connectivity index (χ3n) is 8.74. The molecule has 1 heterocycles. The Morgan fingerprint density at radius 1 is 0.733 bits per heavy atom. The summed E-state index contributed by atoms with van der Waals surface area (Å²) < 4.78 is 6.87. The number of carbonyl (C=O) groups excluding carboxylic acids is 1. The average Bonchev–Trinajstić information content (AvgIpc) is 3.06. The smallest absolute Gasteiger partial charge is 0.236 e. The van der Waals surface area contributed by atoms with Crippen LogP contribution in [0.2, 0.25) is 5.04 Å². The minimum Gasteiger partial charge on any atom is -0.417 e. The van der Waals surface area contributed by atoms with E-state index in [0.29, 0.717) is 13.1 Å². The van der Waals surface area contributed by atoms with E-state index in [1.54, 1.807) is 0 Å². The Bertz CT molecular complexity index is 1400. The first-order chi connectivity index (χ1) is 21.6. The molecule has 0 radical (unpaired) electrons. The Morgan fingerprint density at radius 2 is 1.18 bits per heavy atom. The fraction of sp³-hybridized carbons (Fsp3) is 0.359. The standard InChI is InChI=1S/C39H49N3O2Si/c1-38(2,3)45-44-39(4,5)34-29-41(26-27-42(34)37(32-22-14-8-15-23-32)33-24-16-9-17-25-33)35(43)28-40-36(30-18-10-6-11-19-30)31-20-12-7-13-21-31/h6-25,34,36-37,40H,26-29,45H2,1-5H3. The van der Waals surface area contributed by atoms with E-state index in [1.165, 1.54) is 11.1 Å². The third kappa shape index (κ3) is 8.59. The quantitative estimate of drug-likeness (QED) is 0.188. The molecule has 236 valence electrons. The zero-order chi connectivity index (χ0) is 31.9. The van der Waals surface area contributed by atoms with Gasteiger partial charge in [0.2, 0.25) is 5.91 Å². The van der Waals surface area contributed by atoms with Crippen molar-refractivity contribution < 1.29 is 9.22 Å². The molecule has 4 aromatic carbocycles. The first-order valence-corrected chi connectivity index (χ1v) is 17.5. The molecular formula is C39H49N3O2Si. The Hall–Kier alpha value is -3.55. The molecule has 1 aliphatic rings. The molecule has 45 heavy (non-hydrogen) atoms. The number of piperazine rings is 1. The van der Waals surface area contributed by atoms with Gasteiger partial charge in [-0.2, -0.15) is 0 Å². The van der Waals surface area contributed by atoms with Crippen LogP contribution in [0.25, 0.3) is 0 Å². The number of hydrogen-bond acceptors (Lipinski definition) is 4. The minimum absolute atomic E-state index is 0.00880. The Morgan fingerprint density at radius 3 is 1.62 bits per heavy atom. The highest BCUT2D eigenvalue weighted by Gasteiger charge is 2.44. The van der Waals surface area contributed by atoms with Crippen molar-refractivity contribution in [2.45, 2.75) is 63.4 Å². The zero-order valence-electron chi connectivity index (χ0n) is 27.5. The van der Waals surface area contributed by atoms with Gasteiger partial charge in [0, 0.05) is 19.6 Å². The largest absolute Gasteiger partial charge is 0.417 e. The van der Waals surface area contributed by atoms with E-state index >= 15 is 0 Å². The van der Waals surface area contributed by atoms with Gasteiger partial charge in [0.1, 0.15) is 0 Å². The van der Waals surface area contributed by atoms with Crippen LogP contribution in [0.3, 0.4) is 0 Å². The van der Waals surface area contributed by atoms with Gasteiger partial charge < -0.3 is 9.33 Å². The lowest BCUT2D eigenvalue weighted by Gasteiger charge is -2.51. The summed E-state index contributed by atoms with van der Waals surface area (Å²) >= 11 is 0. The predicted octanol–water partition coefficient (Wildman–Crippen LogP) is 6.77. The van der Waals surface area contributed by atoms with Gasteiger partial charge >= 0.3 is 0 Å². The van der Waals surface area contributed by atoms with Crippen molar-refractivity contribution in [3.05, 3.63) is 144 Å². The fourth-order valence-electron chi connectivity index (χ4n) is 6.32. The normalized spacial score (nSPS) is 16.6. The van der Waals surface area contributed by atoms with Crippen LogP contribution in [0.5, 0.6) is 0 Å². The minimum atomic E-state index is -0.831. The SMILES string of the molecule is CC(C)(C)[SiH2]OC(C)(C)C1CN(C(=O)CNC(c2ccccc2)c2ccccc2)CCN1C(c1ccccc1)c1ccccc1. The highest BCUT2D eigenvalue weighted by molar-refractivity contribution is 6.31. The summed E-state index contributed by atoms with van der Waals surface area (Å²) in [5.74, 6) is 0.122. The van der Waals surface area contributed by atoms with E-state index in [1.807, 2.05) is 12.1 Å². The predicted molar refractivity (Wildman–Crippen MR) is 188 cm³/mol. The maximum Gasteiger partial charge on any atom is 0.236 e. The molecule has 0 aromatic heterocycles. The number of carbonyl (C=O) groups is 1. The van der Waals surface area contributed by atoms with E-state index in [0.717, 1.165) is 17.7 Å². The van der Waals surface area contributed by atoms with Gasteiger partial charge in [-0.25, -0.2) is 0 Å². The molecule has 1 aliphatic heterocycles. The summed E-state index contributed by atoms with van der Waals surface area (Å²) in [6.45, 7) is 13.6. The van der Waals surface area contributed by atoms with Crippen LogP contribution < -0.4 is 5.32 Å². The molecule has 0 aliphatic carbocycles. The second-order valence-electron chi connectivity index (χ2n) is 13.9. The second kappa shape index (κ2) is 14.7. The third-order valence-corrected chi connectivity index (χ3v) is 10.5. The molecule has 4 aromatic rings. The zero-order valence-corrected chi connectivity index (χ0v) is 28.9. The maximum atomic E-state index is 14.0. The van der Waals surface area contributed by atoms with Crippen molar-refractivity contribution in [1.29, 1.82) is 0 Å². The summed E-state index contributed by atoms with van der Waals surface area (Å²) in [5.41, 5.74) is 4.37. The number of benzene rings is 4. The summed E-state index contributed by atoms with van der Waals surface area (Å²) in [6.07, 6.45) is 0. The van der Waals surface area contributed by atoms with Crippen molar-refractivity contribution in [2.24, 2.45) is 0 Å². The summed E-state index contributed by atoms with van der Waals surface area (Å²) in [5, 5.41) is 3.77. The number of nitrogens with zero attached hydrogens (tertiary/aromatic N) is 2. The van der Waals surface area contributed by atoms with Gasteiger partial charge in [-0.3, -0.25) is 15.0 Å². The van der Waals surface area contributed by atoms with Gasteiger partial charge in [-0.15, -0.1) is 0 Å². The second-order valence-corrected chi connectivity index (χ2v) is 16.6. The Labute approximate surface area is 272 Å². The number of hydrogen-bond donors (Lipinski definition) is 1. The van der Waals surface area contributed by atoms with E-state index in [4.69, 9.17) is 4.43 Å². The van der Waals surface area contributed by atoms with Crippen molar-refractivity contribution in [2.75, 3.05) is 26.2 Å². The lowest BCUT2D eigenvalue weighted by molar-refractivity contribution is -0.137. The molecule has 5 rings (SSSR count). The molecule has 1 saturated heterocycles. The van der Waals surface area contributed by atoms with Crippen LogP contribution in [0.15, 0.2) is 121 Å². The van der Waals surface area contributed by atoms with Gasteiger partial charge in [0.25, 0.3) is 0 Å². The molecule has 1 atom stereocenters. The average molecular weight is 620 g/mol. The number of nitrogens with one attached hydrogen (secondary N) is 1. The van der Waals surface area contributed by atoms with E-state index in [9.17, 15) is 4.79 Å². The van der Waals surface area contributed by atoms with Crippen LogP contribution in [-0.4, -0.2) is 63.3 Å². The van der Waals surface area contributed by atoms with Gasteiger partial charge in [-0.05, 0) is 41.1 Å². The van der Waals surface area contributed by atoms with Gasteiger partial charge in [-0.1, -0.05) is 142 Å². The monoisotopic (exact) mass is 619 g/mol. The van der Waals surface area contributed by atoms with Crippen molar-refractivity contribution in [3.8, 4) is 0 Å². The molecule has 5 nitrogen and oxygen atoms in total. The molecule has 1 fully saturated rings. The van der Waals surface area contributed by atoms with Gasteiger partial charge in [0.05, 0.1) is 30.3 Å². The van der Waals surface area contributed by atoms with Crippen molar-refractivity contribution in [3.63, 3.8) is 0 Å². The number of rotatable bonds is 11. The summed E-state index contributed by atoms with van der Waals surface area (Å²) in [4.78, 5) is 18.6. The Kier molecular flexibility index (Phi) is 10.7. The topological polar surface area (TPSA) is 44.8 Å². The van der Waals surface area contributed by atoms with Crippen LogP contribution in [0.1, 0.15) is 69.0 Å². The molecule has 6 heteroatoms. The van der Waals surface area contributed by atoms with Gasteiger partial charge in [0.15, 0.2) is 9.76 Å². The first kappa shape index (κ1) is 32.8. The van der Waals surface area contributed by atoms with Crippen LogP contribution >= 0.6 is 0 Å². The van der Waals surface area contributed by atoms with E-state index in [-0.39, 0.29) is 35.6 Å². The molecule has 1 N–H and O–H groups in total. The van der Waals surface area contributed by atoms with Crippen molar-refractivity contribution >= 4 is 15.7 Å². The van der Waals surface area contributed by atoms with Crippen LogP contribution in [0, 0.1) is 0 Å². The highest BCUT2D eigenvalue weighted by Crippen LogP contribution is 2.37. The molecule has 1 unspecified atom stereocenters. The van der Waals surface area contributed by atoms with Crippen LogP contribution in [0.4, 0.5) is 0 Å². The number of amides is 1. The summed E-state index contributed by atoms with van der Waals surface area (Å²) in [6, 6.07) is 42.3. The fourth-order valence-corrected chi connectivity index (χ4v) is 7.31. The summed E-state index contributed by atoms with van der Waals surface area (Å²) in [7, 11) is -0.831. The van der Waals surface area contributed by atoms with E-state index < -0.39 is 15.4 Å². The van der Waals surface area contributed by atoms with Crippen LogP contribution in [-0.2, 0) is 9.22 Å².